The van der Waals surface area contributed by atoms with E-state index in [-0.39, 0.29) is 51.8 Å². The van der Waals surface area contributed by atoms with Crippen molar-refractivity contribution in [1.82, 2.24) is 0 Å². The van der Waals surface area contributed by atoms with Crippen LogP contribution in [0.1, 0.15) is 126 Å². The number of carbonyl (C=O) groups excluding carboxylic acids is 1. The minimum Gasteiger partial charge on any atom is -0.504 e. The number of aryl methyl sites for hydroxylation is 1. The SMILES string of the molecule is CCCCCCCC/C(=C(\C(=O)O)c1c(O)c(O)cc(CCCC)c1/C(=C/C(=O)O/C(=C/c1ccc(O)c(O)c1)C(=O)O)CCCC)c1ccc(O)c(O)c1. The smallest absolute Gasteiger partial charge is 0.371 e. The van der Waals surface area contributed by atoms with Crippen LogP contribution in [0.15, 0.2) is 54.3 Å². The highest BCUT2D eigenvalue weighted by molar-refractivity contribution is 6.26. The highest BCUT2D eigenvalue weighted by atomic mass is 16.6. The molecule has 0 bridgehead atoms. The average Bonchev–Trinajstić information content (AvgIpc) is 3.14. The number of benzene rings is 3. The van der Waals surface area contributed by atoms with Gasteiger partial charge >= 0.3 is 17.9 Å². The lowest BCUT2D eigenvalue weighted by Gasteiger charge is -2.23. The van der Waals surface area contributed by atoms with Gasteiger partial charge in [-0.05, 0) is 108 Å². The van der Waals surface area contributed by atoms with Crippen LogP contribution in [0.5, 0.6) is 34.5 Å². The van der Waals surface area contributed by atoms with Crippen molar-refractivity contribution in [3.05, 3.63) is 82.1 Å². The number of hydrogen-bond donors (Lipinski definition) is 8. The van der Waals surface area contributed by atoms with Crippen molar-refractivity contribution in [1.29, 1.82) is 0 Å². The van der Waals surface area contributed by atoms with Crippen LogP contribution in [0.2, 0.25) is 0 Å². The number of aromatic hydroxyl groups is 6. The number of phenols is 6. The summed E-state index contributed by atoms with van der Waals surface area (Å²) in [6.07, 6.45) is 10.4. The van der Waals surface area contributed by atoms with Gasteiger partial charge in [-0.15, -0.1) is 0 Å². The molecule has 55 heavy (non-hydrogen) atoms. The van der Waals surface area contributed by atoms with Crippen molar-refractivity contribution in [3.63, 3.8) is 0 Å². The van der Waals surface area contributed by atoms with E-state index < -0.39 is 58.2 Å². The standard InChI is InChI=1S/C43H52O12/c1-4-7-10-11-12-13-16-30(27-18-20-32(45)34(47)23-27)39(43(53)54)40-38(28(14-8-5-2)24-35(48)41(40)50)29(15-9-6-3)25-37(49)55-36(42(51)52)22-26-17-19-31(44)33(46)21-26/h17-25,44-48,50H,4-16H2,1-3H3,(H,51,52)(H,53,54)/b29-25+,36-22+,39-30+. The lowest BCUT2D eigenvalue weighted by Crippen LogP contribution is -2.12. The molecule has 0 atom stereocenters. The molecule has 3 aromatic rings. The van der Waals surface area contributed by atoms with Crippen molar-refractivity contribution in [2.45, 2.75) is 104 Å². The number of carbonyl (C=O) groups is 3. The largest absolute Gasteiger partial charge is 0.504 e. The maximum absolute atomic E-state index is 13.6. The molecule has 0 aromatic heterocycles. The van der Waals surface area contributed by atoms with Crippen LogP contribution in [-0.2, 0) is 25.5 Å². The molecule has 0 saturated carbocycles. The molecule has 0 saturated heterocycles. The number of carboxylic acids is 2. The van der Waals surface area contributed by atoms with Gasteiger partial charge in [0.05, 0.1) is 5.57 Å². The quantitative estimate of drug-likeness (QED) is 0.0127. The second-order valence-electron chi connectivity index (χ2n) is 13.4. The van der Waals surface area contributed by atoms with Crippen molar-refractivity contribution in [2.24, 2.45) is 0 Å². The lowest BCUT2D eigenvalue weighted by atomic mass is 9.82. The second kappa shape index (κ2) is 21.1. The van der Waals surface area contributed by atoms with Crippen LogP contribution in [0.3, 0.4) is 0 Å². The van der Waals surface area contributed by atoms with Crippen LogP contribution in [0, 0.1) is 0 Å². The molecule has 12 heteroatoms. The molecule has 3 rings (SSSR count). The summed E-state index contributed by atoms with van der Waals surface area (Å²) < 4.78 is 5.29. The number of aliphatic carboxylic acids is 2. The van der Waals surface area contributed by atoms with E-state index in [0.717, 1.165) is 56.4 Å². The summed E-state index contributed by atoms with van der Waals surface area (Å²) in [7, 11) is 0. The molecule has 0 unspecified atom stereocenters. The molecule has 0 fully saturated rings. The van der Waals surface area contributed by atoms with Crippen LogP contribution in [-0.4, -0.2) is 58.8 Å². The van der Waals surface area contributed by atoms with Crippen LogP contribution >= 0.6 is 0 Å². The van der Waals surface area contributed by atoms with Crippen molar-refractivity contribution < 1.29 is 60.0 Å². The topological polar surface area (TPSA) is 222 Å². The highest BCUT2D eigenvalue weighted by Crippen LogP contribution is 2.47. The molecule has 0 spiro atoms. The van der Waals surface area contributed by atoms with E-state index in [1.54, 1.807) is 0 Å². The summed E-state index contributed by atoms with van der Waals surface area (Å²) >= 11 is 0. The third-order valence-corrected chi connectivity index (χ3v) is 9.16. The van der Waals surface area contributed by atoms with Gasteiger partial charge in [0.1, 0.15) is 0 Å². The lowest BCUT2D eigenvalue weighted by molar-refractivity contribution is -0.144. The summed E-state index contributed by atoms with van der Waals surface area (Å²) in [5.74, 6) is -8.18. The molecule has 296 valence electrons. The van der Waals surface area contributed by atoms with E-state index >= 15 is 0 Å². The first-order valence-electron chi connectivity index (χ1n) is 18.7. The Bertz CT molecular complexity index is 1940. The van der Waals surface area contributed by atoms with Gasteiger partial charge in [0.25, 0.3) is 0 Å². The van der Waals surface area contributed by atoms with E-state index in [1.807, 2.05) is 13.8 Å². The van der Waals surface area contributed by atoms with Crippen molar-refractivity contribution in [3.8, 4) is 34.5 Å². The van der Waals surface area contributed by atoms with Crippen LogP contribution in [0.25, 0.3) is 22.8 Å². The zero-order valence-electron chi connectivity index (χ0n) is 31.6. The van der Waals surface area contributed by atoms with E-state index in [0.29, 0.717) is 44.1 Å². The Balaban J connectivity index is 2.38. The molecule has 0 heterocycles. The minimum atomic E-state index is -1.61. The molecular weight excluding hydrogens is 708 g/mol. The summed E-state index contributed by atoms with van der Waals surface area (Å²) in [5, 5.41) is 83.7. The van der Waals surface area contributed by atoms with E-state index in [4.69, 9.17) is 4.74 Å². The predicted octanol–water partition coefficient (Wildman–Crippen LogP) is 9.25. The fourth-order valence-corrected chi connectivity index (χ4v) is 6.31. The van der Waals surface area contributed by atoms with Gasteiger partial charge in [-0.2, -0.15) is 0 Å². The summed E-state index contributed by atoms with van der Waals surface area (Å²) in [5.41, 5.74) is 0.776. The first kappa shape index (κ1) is 43.5. The Hall–Kier alpha value is -5.91. The number of hydrogen-bond acceptors (Lipinski definition) is 10. The molecule has 12 nitrogen and oxygen atoms in total. The number of unbranched alkanes of at least 4 members (excludes halogenated alkanes) is 7. The number of ether oxygens (including phenoxy) is 1. The third kappa shape index (κ3) is 12.0. The molecule has 0 radical (unpaired) electrons. The summed E-state index contributed by atoms with van der Waals surface area (Å²) in [6, 6.07) is 8.77. The fourth-order valence-electron chi connectivity index (χ4n) is 6.31. The molecule has 0 aliphatic rings. The van der Waals surface area contributed by atoms with Crippen LogP contribution in [0.4, 0.5) is 0 Å². The first-order valence-corrected chi connectivity index (χ1v) is 18.7. The van der Waals surface area contributed by atoms with Gasteiger partial charge in [-0.1, -0.05) is 77.8 Å². The van der Waals surface area contributed by atoms with E-state index in [1.165, 1.54) is 30.3 Å². The number of phenolic OH excluding ortho intramolecular Hbond substituents is 6. The zero-order chi connectivity index (χ0) is 40.7. The van der Waals surface area contributed by atoms with Gasteiger partial charge in [-0.3, -0.25) is 0 Å². The Morgan fingerprint density at radius 3 is 1.84 bits per heavy atom. The Morgan fingerprint density at radius 1 is 0.618 bits per heavy atom. The maximum Gasteiger partial charge on any atom is 0.371 e. The number of allylic oxidation sites excluding steroid dienone is 2. The second-order valence-corrected chi connectivity index (χ2v) is 13.4. The summed E-state index contributed by atoms with van der Waals surface area (Å²) in [4.78, 5) is 39.3. The molecule has 0 aliphatic heterocycles. The van der Waals surface area contributed by atoms with Crippen LogP contribution < -0.4 is 0 Å². The van der Waals surface area contributed by atoms with Gasteiger partial charge in [0, 0.05) is 11.6 Å². The predicted molar refractivity (Wildman–Crippen MR) is 210 cm³/mol. The van der Waals surface area contributed by atoms with Gasteiger partial charge in [0.15, 0.2) is 34.5 Å². The average molecular weight is 761 g/mol. The Labute approximate surface area is 321 Å². The number of rotatable bonds is 21. The van der Waals surface area contributed by atoms with Gasteiger partial charge in [-0.25, -0.2) is 14.4 Å². The van der Waals surface area contributed by atoms with E-state index in [9.17, 15) is 55.2 Å². The van der Waals surface area contributed by atoms with Gasteiger partial charge < -0.3 is 45.6 Å². The van der Waals surface area contributed by atoms with Gasteiger partial charge in [0.2, 0.25) is 5.76 Å². The maximum atomic E-state index is 13.6. The monoisotopic (exact) mass is 760 g/mol. The van der Waals surface area contributed by atoms with Crippen molar-refractivity contribution >= 4 is 40.7 Å². The zero-order valence-corrected chi connectivity index (χ0v) is 31.6. The first-order chi connectivity index (χ1) is 26.2. The molecule has 8 N–H and O–H groups in total. The molecule has 0 aliphatic carbocycles. The molecule has 3 aromatic carbocycles. The molecule has 0 amide bonds. The minimum absolute atomic E-state index is 0.109. The fraction of sp³-hybridized carbons (Fsp3) is 0.372. The van der Waals surface area contributed by atoms with E-state index in [2.05, 4.69) is 6.92 Å². The third-order valence-electron chi connectivity index (χ3n) is 9.16. The normalized spacial score (nSPS) is 12.3. The summed E-state index contributed by atoms with van der Waals surface area (Å²) in [6.45, 7) is 5.94. The Kier molecular flexibility index (Phi) is 16.7. The van der Waals surface area contributed by atoms with Crippen molar-refractivity contribution in [2.75, 3.05) is 0 Å². The number of esters is 1. The highest BCUT2D eigenvalue weighted by Gasteiger charge is 2.30. The molecular formula is C43H52O12. The Morgan fingerprint density at radius 2 is 1.24 bits per heavy atom. The number of carboxylic acid groups (broad SMARTS) is 2.